The molecule has 0 saturated heterocycles. The molecule has 0 aromatic rings. The summed E-state index contributed by atoms with van der Waals surface area (Å²) in [7, 11) is 1.60. The smallest absolute Gasteiger partial charge is 0.322 e. The van der Waals surface area contributed by atoms with E-state index in [1.807, 2.05) is 0 Å². The summed E-state index contributed by atoms with van der Waals surface area (Å²) >= 11 is 0. The van der Waals surface area contributed by atoms with Crippen LogP contribution in [0.2, 0.25) is 0 Å². The molecule has 0 radical (unpaired) electrons. The van der Waals surface area contributed by atoms with Gasteiger partial charge in [0.05, 0.1) is 13.1 Å². The fourth-order valence-electron chi connectivity index (χ4n) is 0.639. The number of carboxylic acid groups (broad SMARTS) is 1. The van der Waals surface area contributed by atoms with Gasteiger partial charge in [-0.15, -0.1) is 0 Å². The summed E-state index contributed by atoms with van der Waals surface area (Å²) in [6.07, 6.45) is 0. The van der Waals surface area contributed by atoms with E-state index in [0.717, 1.165) is 0 Å². The van der Waals surface area contributed by atoms with Gasteiger partial charge in [0.2, 0.25) is 11.8 Å². The fraction of sp³-hybridized carbons (Fsp3) is 0.571. The highest BCUT2D eigenvalue weighted by atomic mass is 16.4. The minimum Gasteiger partial charge on any atom is -0.480 e. The maximum absolute atomic E-state index is 10.8. The third-order valence-electron chi connectivity index (χ3n) is 1.22. The molecule has 0 aliphatic carbocycles. The number of rotatable bonds is 6. The van der Waals surface area contributed by atoms with Crippen LogP contribution in [0, 0.1) is 0 Å². The quantitative estimate of drug-likeness (QED) is 0.382. The number of carbonyl (C=O) groups excluding carboxylic acids is 2. The second-order valence-corrected chi connectivity index (χ2v) is 2.48. The summed E-state index contributed by atoms with van der Waals surface area (Å²) in [6.45, 7) is -0.541. The van der Waals surface area contributed by atoms with Crippen molar-refractivity contribution in [2.24, 2.45) is 0 Å². The van der Waals surface area contributed by atoms with Crippen LogP contribution < -0.4 is 16.0 Å². The molecule has 0 atom stereocenters. The molecular formula is C7H13N3O4. The minimum atomic E-state index is -1.13. The molecule has 0 aliphatic rings. The molecule has 0 fully saturated rings. The van der Waals surface area contributed by atoms with E-state index in [4.69, 9.17) is 5.11 Å². The van der Waals surface area contributed by atoms with Gasteiger partial charge in [-0.25, -0.2) is 0 Å². The lowest BCUT2D eigenvalue weighted by molar-refractivity contribution is -0.137. The molecule has 0 aromatic heterocycles. The van der Waals surface area contributed by atoms with E-state index in [0.29, 0.717) is 0 Å². The lowest BCUT2D eigenvalue weighted by Crippen LogP contribution is -2.41. The van der Waals surface area contributed by atoms with Crippen LogP contribution in [0.15, 0.2) is 0 Å². The molecule has 0 spiro atoms. The van der Waals surface area contributed by atoms with Crippen LogP contribution in [-0.4, -0.2) is 49.6 Å². The average Bonchev–Trinajstić information content (AvgIpc) is 2.12. The van der Waals surface area contributed by atoms with Gasteiger partial charge in [0.1, 0.15) is 6.54 Å². The monoisotopic (exact) mass is 203 g/mol. The molecular weight excluding hydrogens is 190 g/mol. The highest BCUT2D eigenvalue weighted by molar-refractivity contribution is 5.87. The lowest BCUT2D eigenvalue weighted by atomic mass is 10.5. The van der Waals surface area contributed by atoms with E-state index in [-0.39, 0.29) is 19.0 Å². The zero-order valence-corrected chi connectivity index (χ0v) is 7.79. The van der Waals surface area contributed by atoms with Crippen LogP contribution in [0.1, 0.15) is 0 Å². The summed E-state index contributed by atoms with van der Waals surface area (Å²) in [5, 5.41) is 15.2. The van der Waals surface area contributed by atoms with Crippen molar-refractivity contribution in [2.45, 2.75) is 0 Å². The Kier molecular flexibility index (Phi) is 6.04. The standard InChI is InChI=1S/C7H13N3O4/c1-8-2-5(11)9-3-6(12)10-4-7(13)14/h8H,2-4H2,1H3,(H,9,11)(H,10,12)(H,13,14). The number of likely N-dealkylation sites (N-methyl/N-ethyl adjacent to an activating group) is 1. The number of carbonyl (C=O) groups is 3. The van der Waals surface area contributed by atoms with E-state index in [1.54, 1.807) is 7.05 Å². The second kappa shape index (κ2) is 6.84. The highest BCUT2D eigenvalue weighted by Crippen LogP contribution is 1.67. The van der Waals surface area contributed by atoms with E-state index < -0.39 is 18.4 Å². The Morgan fingerprint density at radius 3 is 2.00 bits per heavy atom. The molecule has 4 N–H and O–H groups in total. The molecule has 0 rings (SSSR count). The summed E-state index contributed by atoms with van der Waals surface area (Å²) in [5.41, 5.74) is 0. The van der Waals surface area contributed by atoms with Crippen LogP contribution in [-0.2, 0) is 14.4 Å². The Hall–Kier alpha value is -1.63. The van der Waals surface area contributed by atoms with Gasteiger partial charge in [-0.2, -0.15) is 0 Å². The SMILES string of the molecule is CNCC(=O)NCC(=O)NCC(=O)O. The number of amides is 2. The number of hydrogen-bond acceptors (Lipinski definition) is 4. The van der Waals surface area contributed by atoms with Gasteiger partial charge in [0.15, 0.2) is 0 Å². The van der Waals surface area contributed by atoms with Gasteiger partial charge in [0.25, 0.3) is 0 Å². The van der Waals surface area contributed by atoms with E-state index in [2.05, 4.69) is 16.0 Å². The molecule has 0 aliphatic heterocycles. The number of hydrogen-bond donors (Lipinski definition) is 4. The lowest BCUT2D eigenvalue weighted by Gasteiger charge is -2.04. The molecule has 0 bridgehead atoms. The first-order valence-corrected chi connectivity index (χ1v) is 3.96. The first-order valence-electron chi connectivity index (χ1n) is 3.96. The molecule has 0 aromatic carbocycles. The first kappa shape index (κ1) is 12.4. The molecule has 0 heterocycles. The van der Waals surface area contributed by atoms with Crippen LogP contribution >= 0.6 is 0 Å². The Morgan fingerprint density at radius 1 is 1.00 bits per heavy atom. The summed E-state index contributed by atoms with van der Waals surface area (Å²) in [4.78, 5) is 31.7. The predicted molar refractivity (Wildman–Crippen MR) is 47.6 cm³/mol. The van der Waals surface area contributed by atoms with E-state index >= 15 is 0 Å². The summed E-state index contributed by atoms with van der Waals surface area (Å²) < 4.78 is 0. The largest absolute Gasteiger partial charge is 0.480 e. The second-order valence-electron chi connectivity index (χ2n) is 2.48. The van der Waals surface area contributed by atoms with Gasteiger partial charge in [-0.05, 0) is 7.05 Å². The van der Waals surface area contributed by atoms with Gasteiger partial charge in [0, 0.05) is 0 Å². The molecule has 2 amide bonds. The molecule has 80 valence electrons. The highest BCUT2D eigenvalue weighted by Gasteiger charge is 2.05. The van der Waals surface area contributed by atoms with Crippen molar-refractivity contribution in [2.75, 3.05) is 26.7 Å². The summed E-state index contributed by atoms with van der Waals surface area (Å²) in [6, 6.07) is 0. The Bertz CT molecular complexity index is 229. The molecule has 7 nitrogen and oxygen atoms in total. The topological polar surface area (TPSA) is 108 Å². The van der Waals surface area contributed by atoms with E-state index in [1.165, 1.54) is 0 Å². The maximum atomic E-state index is 10.8. The van der Waals surface area contributed by atoms with E-state index in [9.17, 15) is 14.4 Å². The van der Waals surface area contributed by atoms with Crippen molar-refractivity contribution in [3.63, 3.8) is 0 Å². The van der Waals surface area contributed by atoms with Crippen LogP contribution in [0.4, 0.5) is 0 Å². The van der Waals surface area contributed by atoms with Gasteiger partial charge < -0.3 is 21.1 Å². The number of carboxylic acids is 1. The third kappa shape index (κ3) is 7.04. The molecule has 7 heteroatoms. The van der Waals surface area contributed by atoms with Gasteiger partial charge in [-0.1, -0.05) is 0 Å². The average molecular weight is 203 g/mol. The van der Waals surface area contributed by atoms with Crippen molar-refractivity contribution in [1.29, 1.82) is 0 Å². The van der Waals surface area contributed by atoms with Crippen molar-refractivity contribution >= 4 is 17.8 Å². The zero-order valence-electron chi connectivity index (χ0n) is 7.79. The van der Waals surface area contributed by atoms with Gasteiger partial charge in [-0.3, -0.25) is 14.4 Å². The number of aliphatic carboxylic acids is 1. The van der Waals surface area contributed by atoms with Crippen molar-refractivity contribution in [3.05, 3.63) is 0 Å². The first-order chi connectivity index (χ1) is 6.56. The number of nitrogens with one attached hydrogen (secondary N) is 3. The molecule has 0 unspecified atom stereocenters. The molecule has 0 saturated carbocycles. The van der Waals surface area contributed by atoms with Crippen molar-refractivity contribution < 1.29 is 19.5 Å². The minimum absolute atomic E-state index is 0.117. The maximum Gasteiger partial charge on any atom is 0.322 e. The Morgan fingerprint density at radius 2 is 1.50 bits per heavy atom. The third-order valence-corrected chi connectivity index (χ3v) is 1.22. The van der Waals surface area contributed by atoms with Crippen LogP contribution in [0.3, 0.4) is 0 Å². The van der Waals surface area contributed by atoms with Crippen LogP contribution in [0.5, 0.6) is 0 Å². The Balaban J connectivity index is 3.53. The zero-order chi connectivity index (χ0) is 11.0. The fourth-order valence-corrected chi connectivity index (χ4v) is 0.639. The van der Waals surface area contributed by atoms with Crippen molar-refractivity contribution in [1.82, 2.24) is 16.0 Å². The Labute approximate surface area is 80.9 Å². The normalized spacial score (nSPS) is 9.21. The predicted octanol–water partition coefficient (Wildman–Crippen LogP) is -2.48. The summed E-state index contributed by atoms with van der Waals surface area (Å²) in [5.74, 6) is -1.98. The van der Waals surface area contributed by atoms with Gasteiger partial charge >= 0.3 is 5.97 Å². The van der Waals surface area contributed by atoms with Crippen LogP contribution in [0.25, 0.3) is 0 Å². The van der Waals surface area contributed by atoms with Crippen molar-refractivity contribution in [3.8, 4) is 0 Å². The molecule has 14 heavy (non-hydrogen) atoms.